The second kappa shape index (κ2) is 6.00. The van der Waals surface area contributed by atoms with Gasteiger partial charge in [0.2, 0.25) is 0 Å². The fourth-order valence-electron chi connectivity index (χ4n) is 1.88. The summed E-state index contributed by atoms with van der Waals surface area (Å²) in [5.41, 5.74) is 1.59. The lowest BCUT2D eigenvalue weighted by Gasteiger charge is -2.37. The predicted octanol–water partition coefficient (Wildman–Crippen LogP) is 1.24. The van der Waals surface area contributed by atoms with Crippen molar-refractivity contribution in [2.45, 2.75) is 12.6 Å². The molecular formula is C12H18ClN3O. The van der Waals surface area contributed by atoms with Gasteiger partial charge in [-0.25, -0.2) is 0 Å². The summed E-state index contributed by atoms with van der Waals surface area (Å²) in [6.45, 7) is 4.95. The molecule has 1 heterocycles. The number of rotatable bonds is 3. The van der Waals surface area contributed by atoms with Crippen LogP contribution in [0, 0.1) is 0 Å². The Hall–Kier alpha value is -1.10. The average Bonchev–Trinajstić information content (AvgIpc) is 2.30. The van der Waals surface area contributed by atoms with Crippen LogP contribution in [0.15, 0.2) is 24.3 Å². The number of anilines is 1. The summed E-state index contributed by atoms with van der Waals surface area (Å²) in [6.07, 6.45) is 0.853. The number of aldehydes is 1. The molecule has 5 heteroatoms. The van der Waals surface area contributed by atoms with Crippen LogP contribution in [0.25, 0.3) is 0 Å². The van der Waals surface area contributed by atoms with E-state index >= 15 is 0 Å². The molecule has 94 valence electrons. The van der Waals surface area contributed by atoms with Crippen LogP contribution in [0.2, 0.25) is 0 Å². The molecule has 0 radical (unpaired) electrons. The standard InChI is InChI=1S/C12H17N3O.ClH/c1-12(9-13-6-7-14-12)15-11-4-2-10(8-16)3-5-11;/h2-5,8,13-15H,6-7,9H2,1H3;1H/t12-;/m1./s1. The van der Waals surface area contributed by atoms with Crippen LogP contribution in [-0.4, -0.2) is 31.6 Å². The maximum atomic E-state index is 10.5. The van der Waals surface area contributed by atoms with E-state index in [1.54, 1.807) is 0 Å². The van der Waals surface area contributed by atoms with E-state index in [1.165, 1.54) is 0 Å². The molecule has 1 aromatic carbocycles. The molecule has 2 rings (SSSR count). The minimum atomic E-state index is -0.124. The first-order valence-electron chi connectivity index (χ1n) is 5.51. The van der Waals surface area contributed by atoms with E-state index < -0.39 is 0 Å². The van der Waals surface area contributed by atoms with Gasteiger partial charge in [-0.05, 0) is 31.2 Å². The second-order valence-corrected chi connectivity index (χ2v) is 4.30. The molecule has 0 bridgehead atoms. The van der Waals surface area contributed by atoms with Gasteiger partial charge in [-0.15, -0.1) is 12.4 Å². The molecule has 1 aliphatic heterocycles. The number of piperazine rings is 1. The summed E-state index contributed by atoms with van der Waals surface area (Å²) in [5, 5.41) is 10.2. The third kappa shape index (κ3) is 3.70. The first kappa shape index (κ1) is 14.0. The van der Waals surface area contributed by atoms with Gasteiger partial charge in [-0.3, -0.25) is 10.1 Å². The summed E-state index contributed by atoms with van der Waals surface area (Å²) in [6, 6.07) is 7.47. The van der Waals surface area contributed by atoms with Crippen LogP contribution < -0.4 is 16.0 Å². The molecule has 0 saturated carbocycles. The summed E-state index contributed by atoms with van der Waals surface area (Å²) in [7, 11) is 0. The molecule has 0 amide bonds. The lowest BCUT2D eigenvalue weighted by molar-refractivity contribution is 0.112. The Labute approximate surface area is 108 Å². The van der Waals surface area contributed by atoms with Crippen LogP contribution in [0.1, 0.15) is 17.3 Å². The molecule has 17 heavy (non-hydrogen) atoms. The Bertz CT molecular complexity index is 361. The van der Waals surface area contributed by atoms with E-state index in [9.17, 15) is 4.79 Å². The highest BCUT2D eigenvalue weighted by molar-refractivity contribution is 5.85. The van der Waals surface area contributed by atoms with Gasteiger partial charge in [0, 0.05) is 30.9 Å². The first-order valence-corrected chi connectivity index (χ1v) is 5.51. The molecule has 0 unspecified atom stereocenters. The van der Waals surface area contributed by atoms with Crippen LogP contribution in [0.5, 0.6) is 0 Å². The Morgan fingerprint density at radius 3 is 2.53 bits per heavy atom. The van der Waals surface area contributed by atoms with Crippen molar-refractivity contribution in [2.75, 3.05) is 25.0 Å². The molecule has 0 spiro atoms. The van der Waals surface area contributed by atoms with E-state index in [1.807, 2.05) is 24.3 Å². The highest BCUT2D eigenvalue weighted by Crippen LogP contribution is 2.14. The number of carbonyl (C=O) groups excluding carboxylic acids is 1. The molecule has 1 fully saturated rings. The Morgan fingerprint density at radius 2 is 2.00 bits per heavy atom. The monoisotopic (exact) mass is 255 g/mol. The van der Waals surface area contributed by atoms with Gasteiger partial charge in [0.1, 0.15) is 6.29 Å². The van der Waals surface area contributed by atoms with Crippen molar-refractivity contribution in [3.05, 3.63) is 29.8 Å². The van der Waals surface area contributed by atoms with Crippen molar-refractivity contribution >= 4 is 24.4 Å². The van der Waals surface area contributed by atoms with Crippen molar-refractivity contribution in [2.24, 2.45) is 0 Å². The molecule has 0 aromatic heterocycles. The Morgan fingerprint density at radius 1 is 1.29 bits per heavy atom. The summed E-state index contributed by atoms with van der Waals surface area (Å²) in [5.74, 6) is 0. The van der Waals surface area contributed by atoms with Crippen molar-refractivity contribution in [3.8, 4) is 0 Å². The molecule has 4 nitrogen and oxygen atoms in total. The molecule has 3 N–H and O–H groups in total. The predicted molar refractivity (Wildman–Crippen MR) is 72.0 cm³/mol. The minimum Gasteiger partial charge on any atom is -0.366 e. The number of hydrogen-bond acceptors (Lipinski definition) is 4. The topological polar surface area (TPSA) is 53.2 Å². The van der Waals surface area contributed by atoms with E-state index in [0.29, 0.717) is 5.56 Å². The quantitative estimate of drug-likeness (QED) is 0.712. The molecular weight excluding hydrogens is 238 g/mol. The van der Waals surface area contributed by atoms with E-state index in [2.05, 4.69) is 22.9 Å². The van der Waals surface area contributed by atoms with Gasteiger partial charge in [0.15, 0.2) is 0 Å². The number of benzene rings is 1. The van der Waals surface area contributed by atoms with Crippen LogP contribution in [-0.2, 0) is 0 Å². The molecule has 0 aliphatic carbocycles. The molecule has 1 aromatic rings. The van der Waals surface area contributed by atoms with Crippen LogP contribution in [0.4, 0.5) is 5.69 Å². The van der Waals surface area contributed by atoms with Crippen molar-refractivity contribution in [1.29, 1.82) is 0 Å². The maximum absolute atomic E-state index is 10.5. The SMILES string of the molecule is C[C@@]1(Nc2ccc(C=O)cc2)CNCCN1.Cl. The van der Waals surface area contributed by atoms with Gasteiger partial charge in [-0.2, -0.15) is 0 Å². The van der Waals surface area contributed by atoms with Gasteiger partial charge in [0.25, 0.3) is 0 Å². The molecule has 1 saturated heterocycles. The lowest BCUT2D eigenvalue weighted by atomic mass is 10.1. The van der Waals surface area contributed by atoms with E-state index in [4.69, 9.17) is 0 Å². The zero-order valence-electron chi connectivity index (χ0n) is 9.82. The number of carbonyl (C=O) groups is 1. The third-order valence-electron chi connectivity index (χ3n) is 2.76. The van der Waals surface area contributed by atoms with E-state index in [-0.39, 0.29) is 18.1 Å². The molecule has 1 atom stereocenters. The number of nitrogens with one attached hydrogen (secondary N) is 3. The summed E-state index contributed by atoms with van der Waals surface area (Å²) in [4.78, 5) is 10.5. The fraction of sp³-hybridized carbons (Fsp3) is 0.417. The van der Waals surface area contributed by atoms with Crippen LogP contribution in [0.3, 0.4) is 0 Å². The van der Waals surface area contributed by atoms with Gasteiger partial charge in [-0.1, -0.05) is 0 Å². The number of hydrogen-bond donors (Lipinski definition) is 3. The first-order chi connectivity index (χ1) is 7.72. The molecule has 1 aliphatic rings. The van der Waals surface area contributed by atoms with E-state index in [0.717, 1.165) is 31.6 Å². The van der Waals surface area contributed by atoms with Gasteiger partial charge >= 0.3 is 0 Å². The lowest BCUT2D eigenvalue weighted by Crippen LogP contribution is -2.61. The number of halogens is 1. The normalized spacial score (nSPS) is 23.6. The maximum Gasteiger partial charge on any atom is 0.150 e. The second-order valence-electron chi connectivity index (χ2n) is 4.30. The van der Waals surface area contributed by atoms with Crippen LogP contribution >= 0.6 is 12.4 Å². The Balaban J connectivity index is 0.00000144. The smallest absolute Gasteiger partial charge is 0.150 e. The summed E-state index contributed by atoms with van der Waals surface area (Å²) >= 11 is 0. The Kier molecular flexibility index (Phi) is 4.93. The zero-order chi connectivity index (χ0) is 11.4. The van der Waals surface area contributed by atoms with Crippen molar-refractivity contribution < 1.29 is 4.79 Å². The van der Waals surface area contributed by atoms with Crippen molar-refractivity contribution in [1.82, 2.24) is 10.6 Å². The largest absolute Gasteiger partial charge is 0.366 e. The summed E-state index contributed by atoms with van der Waals surface area (Å²) < 4.78 is 0. The third-order valence-corrected chi connectivity index (χ3v) is 2.76. The highest BCUT2D eigenvalue weighted by Gasteiger charge is 2.25. The fourth-order valence-corrected chi connectivity index (χ4v) is 1.88. The zero-order valence-corrected chi connectivity index (χ0v) is 10.6. The van der Waals surface area contributed by atoms with Gasteiger partial charge in [0.05, 0.1) is 5.66 Å². The van der Waals surface area contributed by atoms with Crippen molar-refractivity contribution in [3.63, 3.8) is 0 Å². The minimum absolute atomic E-state index is 0. The van der Waals surface area contributed by atoms with Gasteiger partial charge < -0.3 is 10.6 Å². The average molecular weight is 256 g/mol. The highest BCUT2D eigenvalue weighted by atomic mass is 35.5.